The van der Waals surface area contributed by atoms with Crippen molar-refractivity contribution in [1.29, 1.82) is 0 Å². The van der Waals surface area contributed by atoms with Gasteiger partial charge in [0.25, 0.3) is 0 Å². The first-order valence-electron chi connectivity index (χ1n) is 7.50. The summed E-state index contributed by atoms with van der Waals surface area (Å²) in [5.74, 6) is 0.947. The summed E-state index contributed by atoms with van der Waals surface area (Å²) in [5, 5.41) is 3.10. The number of hydrogen-bond acceptors (Lipinski definition) is 2. The van der Waals surface area contributed by atoms with Crippen molar-refractivity contribution in [1.82, 2.24) is 5.32 Å². The SMILES string of the molecule is CC(C)CCNC(N)=NCCCN(C)c1ccccc1F. The lowest BCUT2D eigenvalue weighted by Gasteiger charge is -2.19. The van der Waals surface area contributed by atoms with Crippen LogP contribution >= 0.6 is 0 Å². The fourth-order valence-corrected chi connectivity index (χ4v) is 1.93. The average molecular weight is 294 g/mol. The highest BCUT2D eigenvalue weighted by Crippen LogP contribution is 2.16. The lowest BCUT2D eigenvalue weighted by molar-refractivity contribution is 0.576. The molecule has 0 unspecified atom stereocenters. The lowest BCUT2D eigenvalue weighted by Crippen LogP contribution is -2.33. The first kappa shape index (κ1) is 17.3. The summed E-state index contributed by atoms with van der Waals surface area (Å²) < 4.78 is 13.6. The number of hydrogen-bond donors (Lipinski definition) is 2. The second-order valence-electron chi connectivity index (χ2n) is 5.60. The Kier molecular flexibility index (Phi) is 7.58. The molecule has 5 heteroatoms. The van der Waals surface area contributed by atoms with Crippen molar-refractivity contribution in [2.24, 2.45) is 16.6 Å². The Morgan fingerprint density at radius 2 is 2.10 bits per heavy atom. The molecule has 0 fully saturated rings. The maximum absolute atomic E-state index is 13.6. The van der Waals surface area contributed by atoms with Crippen molar-refractivity contribution in [2.45, 2.75) is 26.7 Å². The molecule has 0 amide bonds. The predicted molar refractivity (Wildman–Crippen MR) is 88.2 cm³/mol. The second-order valence-corrected chi connectivity index (χ2v) is 5.60. The summed E-state index contributed by atoms with van der Waals surface area (Å²) in [4.78, 5) is 6.17. The number of halogens is 1. The highest BCUT2D eigenvalue weighted by molar-refractivity contribution is 5.77. The van der Waals surface area contributed by atoms with Gasteiger partial charge in [-0.15, -0.1) is 0 Å². The maximum Gasteiger partial charge on any atom is 0.188 e. The molecule has 21 heavy (non-hydrogen) atoms. The maximum atomic E-state index is 13.6. The molecule has 0 saturated carbocycles. The monoisotopic (exact) mass is 294 g/mol. The first-order chi connectivity index (χ1) is 10.0. The minimum absolute atomic E-state index is 0.196. The minimum Gasteiger partial charge on any atom is -0.372 e. The van der Waals surface area contributed by atoms with E-state index < -0.39 is 0 Å². The van der Waals surface area contributed by atoms with Gasteiger partial charge in [-0.2, -0.15) is 0 Å². The largest absolute Gasteiger partial charge is 0.372 e. The zero-order chi connectivity index (χ0) is 15.7. The molecule has 0 spiro atoms. The van der Waals surface area contributed by atoms with Crippen LogP contribution in [0.5, 0.6) is 0 Å². The van der Waals surface area contributed by atoms with Gasteiger partial charge in [-0.3, -0.25) is 4.99 Å². The zero-order valence-electron chi connectivity index (χ0n) is 13.3. The Balaban J connectivity index is 2.25. The third-order valence-corrected chi connectivity index (χ3v) is 3.23. The van der Waals surface area contributed by atoms with Crippen molar-refractivity contribution in [3.05, 3.63) is 30.1 Å². The van der Waals surface area contributed by atoms with Crippen LogP contribution in [0.2, 0.25) is 0 Å². The summed E-state index contributed by atoms with van der Waals surface area (Å²) in [5.41, 5.74) is 6.39. The topological polar surface area (TPSA) is 53.6 Å². The summed E-state index contributed by atoms with van der Waals surface area (Å²) >= 11 is 0. The quantitative estimate of drug-likeness (QED) is 0.440. The van der Waals surface area contributed by atoms with Gasteiger partial charge < -0.3 is 16.0 Å². The Morgan fingerprint density at radius 1 is 1.38 bits per heavy atom. The molecular formula is C16H27FN4. The van der Waals surface area contributed by atoms with Crippen LogP contribution in [0, 0.1) is 11.7 Å². The van der Waals surface area contributed by atoms with Gasteiger partial charge in [-0.05, 0) is 30.9 Å². The smallest absolute Gasteiger partial charge is 0.188 e. The number of benzene rings is 1. The van der Waals surface area contributed by atoms with E-state index in [4.69, 9.17) is 5.73 Å². The van der Waals surface area contributed by atoms with Crippen LogP contribution < -0.4 is 16.0 Å². The normalized spacial score (nSPS) is 11.8. The Labute approximate surface area is 127 Å². The van der Waals surface area contributed by atoms with Crippen molar-refractivity contribution < 1.29 is 4.39 Å². The van der Waals surface area contributed by atoms with E-state index in [1.165, 1.54) is 6.07 Å². The van der Waals surface area contributed by atoms with E-state index in [2.05, 4.69) is 24.2 Å². The number of para-hydroxylation sites is 1. The third-order valence-electron chi connectivity index (χ3n) is 3.23. The van der Waals surface area contributed by atoms with Gasteiger partial charge in [-0.25, -0.2) is 4.39 Å². The van der Waals surface area contributed by atoms with E-state index in [-0.39, 0.29) is 5.82 Å². The van der Waals surface area contributed by atoms with Crippen molar-refractivity contribution >= 4 is 11.6 Å². The number of rotatable bonds is 8. The Bertz CT molecular complexity index is 446. The van der Waals surface area contributed by atoms with Gasteiger partial charge in [0, 0.05) is 26.7 Å². The third kappa shape index (κ3) is 6.97. The number of nitrogens with zero attached hydrogens (tertiary/aromatic N) is 2. The second kappa shape index (κ2) is 9.21. The molecule has 1 aromatic rings. The van der Waals surface area contributed by atoms with Crippen LogP contribution in [-0.4, -0.2) is 32.6 Å². The summed E-state index contributed by atoms with van der Waals surface area (Å²) in [6.45, 7) is 6.58. The molecule has 3 N–H and O–H groups in total. The van der Waals surface area contributed by atoms with Gasteiger partial charge in [0.2, 0.25) is 0 Å². The van der Waals surface area contributed by atoms with Crippen molar-refractivity contribution in [3.63, 3.8) is 0 Å². The number of anilines is 1. The molecule has 0 radical (unpaired) electrons. The average Bonchev–Trinajstić information content (AvgIpc) is 2.43. The van der Waals surface area contributed by atoms with Crippen molar-refractivity contribution in [3.8, 4) is 0 Å². The van der Waals surface area contributed by atoms with Crippen LogP contribution in [0.25, 0.3) is 0 Å². The van der Waals surface area contributed by atoms with Crippen LogP contribution in [0.3, 0.4) is 0 Å². The number of nitrogens with two attached hydrogens (primary N) is 1. The van der Waals surface area contributed by atoms with Gasteiger partial charge in [0.15, 0.2) is 5.96 Å². The highest BCUT2D eigenvalue weighted by atomic mass is 19.1. The molecule has 1 rings (SSSR count). The van der Waals surface area contributed by atoms with Gasteiger partial charge in [-0.1, -0.05) is 26.0 Å². The molecule has 0 aromatic heterocycles. The van der Waals surface area contributed by atoms with Crippen LogP contribution in [0.4, 0.5) is 10.1 Å². The summed E-state index contributed by atoms with van der Waals surface area (Å²) in [6, 6.07) is 6.78. The van der Waals surface area contributed by atoms with E-state index in [0.717, 1.165) is 25.9 Å². The van der Waals surface area contributed by atoms with Crippen LogP contribution in [0.1, 0.15) is 26.7 Å². The highest BCUT2D eigenvalue weighted by Gasteiger charge is 2.05. The Hall–Kier alpha value is -1.78. The molecule has 0 aliphatic carbocycles. The van der Waals surface area contributed by atoms with E-state index in [1.54, 1.807) is 12.1 Å². The fourth-order valence-electron chi connectivity index (χ4n) is 1.93. The van der Waals surface area contributed by atoms with Gasteiger partial charge in [0.05, 0.1) is 5.69 Å². The predicted octanol–water partition coefficient (Wildman–Crippen LogP) is 2.60. The van der Waals surface area contributed by atoms with E-state index in [0.29, 0.717) is 24.1 Å². The van der Waals surface area contributed by atoms with E-state index in [9.17, 15) is 4.39 Å². The summed E-state index contributed by atoms with van der Waals surface area (Å²) in [6.07, 6.45) is 1.91. The standard InChI is InChI=1S/C16H27FN4/c1-13(2)9-11-20-16(18)19-10-6-12-21(3)15-8-5-4-7-14(15)17/h4-5,7-8,13H,6,9-12H2,1-3H3,(H3,18,19,20). The molecule has 4 nitrogen and oxygen atoms in total. The molecule has 118 valence electrons. The van der Waals surface area contributed by atoms with E-state index >= 15 is 0 Å². The van der Waals surface area contributed by atoms with Gasteiger partial charge in [0.1, 0.15) is 5.82 Å². The molecule has 0 aliphatic heterocycles. The first-order valence-corrected chi connectivity index (χ1v) is 7.50. The Morgan fingerprint density at radius 3 is 2.76 bits per heavy atom. The van der Waals surface area contributed by atoms with Crippen molar-refractivity contribution in [2.75, 3.05) is 31.6 Å². The number of guanidine groups is 1. The molecule has 0 heterocycles. The minimum atomic E-state index is -0.196. The molecule has 0 aliphatic rings. The lowest BCUT2D eigenvalue weighted by atomic mass is 10.1. The zero-order valence-corrected chi connectivity index (χ0v) is 13.3. The fraction of sp³-hybridized carbons (Fsp3) is 0.562. The summed E-state index contributed by atoms with van der Waals surface area (Å²) in [7, 11) is 1.88. The number of aliphatic imine (C=N–C) groups is 1. The number of nitrogens with one attached hydrogen (secondary N) is 1. The molecule has 0 saturated heterocycles. The van der Waals surface area contributed by atoms with Gasteiger partial charge >= 0.3 is 0 Å². The molecular weight excluding hydrogens is 267 g/mol. The van der Waals surface area contributed by atoms with Crippen LogP contribution in [-0.2, 0) is 0 Å². The molecule has 0 atom stereocenters. The van der Waals surface area contributed by atoms with Crippen LogP contribution in [0.15, 0.2) is 29.3 Å². The molecule has 1 aromatic carbocycles. The molecule has 0 bridgehead atoms. The van der Waals surface area contributed by atoms with E-state index in [1.807, 2.05) is 18.0 Å².